The van der Waals surface area contributed by atoms with Gasteiger partial charge in [-0.25, -0.2) is 19.6 Å². The van der Waals surface area contributed by atoms with Crippen molar-refractivity contribution in [2.75, 3.05) is 19.0 Å². The van der Waals surface area contributed by atoms with Gasteiger partial charge in [-0.15, -0.1) is 11.3 Å². The number of alkyl carbamates (subject to hydrolysis) is 1. The molecule has 2 aromatic heterocycles. The quantitative estimate of drug-likeness (QED) is 0.210. The van der Waals surface area contributed by atoms with Crippen LogP contribution in [0.1, 0.15) is 83.1 Å². The van der Waals surface area contributed by atoms with E-state index in [2.05, 4.69) is 20.9 Å². The second kappa shape index (κ2) is 16.5. The van der Waals surface area contributed by atoms with Crippen molar-refractivity contribution in [1.29, 1.82) is 0 Å². The van der Waals surface area contributed by atoms with Crippen molar-refractivity contribution in [1.82, 2.24) is 25.5 Å². The van der Waals surface area contributed by atoms with E-state index >= 15 is 0 Å². The number of pyridine rings is 1. The summed E-state index contributed by atoms with van der Waals surface area (Å²) < 4.78 is 18.0. The molecule has 15 nitrogen and oxygen atoms in total. The van der Waals surface area contributed by atoms with Crippen LogP contribution in [-0.4, -0.2) is 93.2 Å². The third-order valence-corrected chi connectivity index (χ3v) is 12.0. The van der Waals surface area contributed by atoms with Gasteiger partial charge in [-0.3, -0.25) is 14.4 Å². The summed E-state index contributed by atoms with van der Waals surface area (Å²) in [6.45, 7) is 3.28. The van der Waals surface area contributed by atoms with Gasteiger partial charge in [0.1, 0.15) is 47.0 Å². The van der Waals surface area contributed by atoms with E-state index in [1.54, 1.807) is 18.6 Å². The Morgan fingerprint density at radius 2 is 1.80 bits per heavy atom. The van der Waals surface area contributed by atoms with Crippen LogP contribution in [-0.2, 0) is 23.9 Å². The van der Waals surface area contributed by atoms with Crippen LogP contribution in [0.3, 0.4) is 0 Å². The highest BCUT2D eigenvalue weighted by Crippen LogP contribution is 2.46. The normalized spacial score (nSPS) is 25.7. The average Bonchev–Trinajstić information content (AvgIpc) is 3.59. The van der Waals surface area contributed by atoms with Crippen LogP contribution in [0, 0.1) is 12.8 Å². The molecule has 2 aliphatic carbocycles. The smallest absolute Gasteiger partial charge is 0.408 e. The Morgan fingerprint density at radius 1 is 1.02 bits per heavy atom. The first-order chi connectivity index (χ1) is 26.9. The summed E-state index contributed by atoms with van der Waals surface area (Å²) in [6.07, 6.45) is 9.40. The first-order valence-electron chi connectivity index (χ1n) is 19.3. The summed E-state index contributed by atoms with van der Waals surface area (Å²) in [6, 6.07) is 3.33. The number of carbonyl (C=O) groups excluding carboxylic acids is 4. The number of carboxylic acid groups (broad SMARTS) is 1. The van der Waals surface area contributed by atoms with Crippen molar-refractivity contribution >= 4 is 57.2 Å². The Morgan fingerprint density at radius 3 is 2.55 bits per heavy atom. The largest absolute Gasteiger partial charge is 0.496 e. The summed E-state index contributed by atoms with van der Waals surface area (Å²) in [5.41, 5.74) is 0.856. The SMILES string of the molecule is COc1ccc2c(O[C@@H]3C[C@H]4C(=O)N[C@]5(C(=O)O)CC5C=CCCCCC[C@H](NC(=O)OC5CCCC5)C(=O)N4C3)cc(-c3csc(NC(C)=O)n3)nc2c1C. The lowest BCUT2D eigenvalue weighted by atomic mass is 10.0. The van der Waals surface area contributed by atoms with Gasteiger partial charge in [0.15, 0.2) is 5.13 Å². The van der Waals surface area contributed by atoms with E-state index in [1.165, 1.54) is 23.2 Å². The Hall–Kier alpha value is -5.25. The second-order valence-electron chi connectivity index (χ2n) is 15.1. The molecule has 4 amide bonds. The van der Waals surface area contributed by atoms with Gasteiger partial charge in [-0.2, -0.15) is 0 Å². The molecule has 4 aliphatic rings. The zero-order valence-electron chi connectivity index (χ0n) is 31.8. The summed E-state index contributed by atoms with van der Waals surface area (Å²) in [4.78, 5) is 77.1. The highest BCUT2D eigenvalue weighted by atomic mass is 32.1. The minimum atomic E-state index is -1.47. The van der Waals surface area contributed by atoms with Crippen LogP contribution >= 0.6 is 11.3 Å². The maximum Gasteiger partial charge on any atom is 0.408 e. The number of aryl methyl sites for hydroxylation is 1. The third-order valence-electron chi connectivity index (χ3n) is 11.2. The number of fused-ring (bicyclic) bond motifs is 3. The van der Waals surface area contributed by atoms with Crippen molar-refractivity contribution < 1.29 is 43.3 Å². The molecular weight excluding hydrogens is 741 g/mol. The number of carbonyl (C=O) groups is 5. The third kappa shape index (κ3) is 8.30. The van der Waals surface area contributed by atoms with Crippen LogP contribution in [0.25, 0.3) is 22.3 Å². The molecular formula is C40H48N6O9S. The van der Waals surface area contributed by atoms with Gasteiger partial charge in [-0.1, -0.05) is 25.0 Å². The number of ether oxygens (including phenoxy) is 3. The zero-order valence-corrected chi connectivity index (χ0v) is 32.6. The first kappa shape index (κ1) is 39.0. The van der Waals surface area contributed by atoms with Gasteiger partial charge in [0.2, 0.25) is 17.7 Å². The van der Waals surface area contributed by atoms with Gasteiger partial charge in [0.25, 0.3) is 0 Å². The first-order valence-corrected chi connectivity index (χ1v) is 20.2. The molecule has 2 saturated carbocycles. The molecule has 1 saturated heterocycles. The van der Waals surface area contributed by atoms with Gasteiger partial charge < -0.3 is 40.2 Å². The number of aliphatic carboxylic acids is 1. The number of thiazole rings is 1. The summed E-state index contributed by atoms with van der Waals surface area (Å²) in [5, 5.41) is 21.4. The van der Waals surface area contributed by atoms with Crippen LogP contribution in [0.2, 0.25) is 0 Å². The van der Waals surface area contributed by atoms with Crippen LogP contribution < -0.4 is 25.4 Å². The Labute approximate surface area is 328 Å². The Kier molecular flexibility index (Phi) is 11.5. The molecule has 298 valence electrons. The molecule has 3 aromatic rings. The van der Waals surface area contributed by atoms with E-state index in [1.807, 2.05) is 31.2 Å². The predicted molar refractivity (Wildman–Crippen MR) is 207 cm³/mol. The fraction of sp³-hybridized carbons (Fsp3) is 0.525. The van der Waals surface area contributed by atoms with E-state index in [0.29, 0.717) is 51.8 Å². The fourth-order valence-electron chi connectivity index (χ4n) is 8.09. The lowest BCUT2D eigenvalue weighted by Crippen LogP contribution is -2.56. The van der Waals surface area contributed by atoms with Gasteiger partial charge in [-0.05, 0) is 70.4 Å². The van der Waals surface area contributed by atoms with Gasteiger partial charge in [0, 0.05) is 41.7 Å². The number of allylic oxidation sites excluding steroid dienone is 1. The molecule has 4 N–H and O–H groups in total. The monoisotopic (exact) mass is 788 g/mol. The molecule has 2 aliphatic heterocycles. The van der Waals surface area contributed by atoms with E-state index in [9.17, 15) is 29.1 Å². The maximum absolute atomic E-state index is 14.6. The molecule has 0 spiro atoms. The zero-order chi connectivity index (χ0) is 39.6. The lowest BCUT2D eigenvalue weighted by Gasteiger charge is -2.29. The van der Waals surface area contributed by atoms with Crippen molar-refractivity contribution in [3.63, 3.8) is 0 Å². The fourth-order valence-corrected chi connectivity index (χ4v) is 8.84. The highest BCUT2D eigenvalue weighted by Gasteiger charge is 2.61. The number of nitrogens with zero attached hydrogens (tertiary/aromatic N) is 3. The van der Waals surface area contributed by atoms with Crippen LogP contribution in [0.4, 0.5) is 9.93 Å². The molecule has 0 radical (unpaired) electrons. The summed E-state index contributed by atoms with van der Waals surface area (Å²) in [5.74, 6) is -1.77. The van der Waals surface area contributed by atoms with Crippen LogP contribution in [0.5, 0.6) is 11.5 Å². The van der Waals surface area contributed by atoms with Crippen molar-refractivity contribution in [3.8, 4) is 22.9 Å². The lowest BCUT2D eigenvalue weighted by molar-refractivity contribution is -0.145. The number of benzene rings is 1. The standard InChI is InChI=1S/C40H48N6O9S/c1-22-32(53-3)16-15-27-33(18-29(42-34(22)27)30-21-56-38(43-30)41-23(2)47)54-26-17-31-35(48)45-40(37(50)51)19-24(40)11-7-5-4-6-8-14-28(36(49)46(31)20-26)44-39(52)55-25-12-9-10-13-25/h7,11,15-16,18,21,24-26,28,31H,4-6,8-10,12-14,17,19-20H2,1-3H3,(H,44,52)(H,45,48)(H,50,51)(H,41,43,47)/t24?,26-,28+,31+,40-/m1/s1. The number of methoxy groups -OCH3 is 1. The number of amides is 4. The maximum atomic E-state index is 14.6. The molecule has 5 atom stereocenters. The van der Waals surface area contributed by atoms with Crippen LogP contribution in [0.15, 0.2) is 35.7 Å². The second-order valence-corrected chi connectivity index (χ2v) is 16.0. The molecule has 56 heavy (non-hydrogen) atoms. The molecule has 3 fully saturated rings. The number of hydrogen-bond acceptors (Lipinski definition) is 11. The Bertz CT molecular complexity index is 2050. The number of aromatic nitrogens is 2. The van der Waals surface area contributed by atoms with Crippen molar-refractivity contribution in [3.05, 3.63) is 41.3 Å². The highest BCUT2D eigenvalue weighted by molar-refractivity contribution is 7.14. The van der Waals surface area contributed by atoms with Gasteiger partial charge >= 0.3 is 12.1 Å². The van der Waals surface area contributed by atoms with E-state index < -0.39 is 47.6 Å². The Balaban J connectivity index is 1.22. The average molecular weight is 789 g/mol. The molecule has 16 heteroatoms. The number of anilines is 1. The summed E-state index contributed by atoms with van der Waals surface area (Å²) >= 11 is 1.25. The number of nitrogens with one attached hydrogen (secondary N) is 3. The molecule has 4 heterocycles. The topological polar surface area (TPSA) is 198 Å². The van der Waals surface area contributed by atoms with Gasteiger partial charge in [0.05, 0.1) is 24.9 Å². The summed E-state index contributed by atoms with van der Waals surface area (Å²) in [7, 11) is 1.57. The van der Waals surface area contributed by atoms with Crippen molar-refractivity contribution in [2.45, 2.75) is 114 Å². The number of rotatable bonds is 8. The van der Waals surface area contributed by atoms with E-state index in [-0.39, 0.29) is 37.3 Å². The molecule has 1 unspecified atom stereocenters. The van der Waals surface area contributed by atoms with E-state index in [4.69, 9.17) is 19.2 Å². The molecule has 7 rings (SSSR count). The number of carboxylic acids is 1. The van der Waals surface area contributed by atoms with E-state index in [0.717, 1.165) is 50.5 Å². The number of hydrogen-bond donors (Lipinski definition) is 4. The molecule has 0 bridgehead atoms. The minimum Gasteiger partial charge on any atom is -0.496 e. The predicted octanol–water partition coefficient (Wildman–Crippen LogP) is 5.50. The molecule has 1 aromatic carbocycles. The minimum absolute atomic E-state index is 0.00611. The van der Waals surface area contributed by atoms with Crippen molar-refractivity contribution in [2.24, 2.45) is 5.92 Å².